The summed E-state index contributed by atoms with van der Waals surface area (Å²) in [5.74, 6) is -0.197. The van der Waals surface area contributed by atoms with Gasteiger partial charge >= 0.3 is 11.9 Å². The van der Waals surface area contributed by atoms with Crippen LogP contribution in [-0.4, -0.2) is 51.6 Å². The molecule has 3 aromatic carbocycles. The van der Waals surface area contributed by atoms with Crippen LogP contribution in [0.15, 0.2) is 36.4 Å². The Bertz CT molecular complexity index is 1260. The predicted octanol–water partition coefficient (Wildman–Crippen LogP) is 6.15. The predicted molar refractivity (Wildman–Crippen MR) is 141 cm³/mol. The molecule has 8 heteroatoms. The molecule has 0 aromatic heterocycles. The highest BCUT2D eigenvalue weighted by atomic mass is 16.5. The lowest BCUT2D eigenvalue weighted by Crippen LogP contribution is -2.17. The number of ether oxygens (including phenoxy) is 5. The van der Waals surface area contributed by atoms with Crippen LogP contribution in [0.1, 0.15) is 60.2 Å². The van der Waals surface area contributed by atoms with Gasteiger partial charge < -0.3 is 28.8 Å². The minimum atomic E-state index is -0.644. The van der Waals surface area contributed by atoms with Crippen LogP contribution in [0.3, 0.4) is 0 Å². The van der Waals surface area contributed by atoms with Gasteiger partial charge in [-0.05, 0) is 59.5 Å². The van der Waals surface area contributed by atoms with Gasteiger partial charge in [0.25, 0.3) is 0 Å². The molecule has 0 saturated carbocycles. The van der Waals surface area contributed by atoms with E-state index in [0.717, 1.165) is 12.8 Å². The van der Waals surface area contributed by atoms with E-state index >= 15 is 0 Å². The molecule has 0 unspecified atom stereocenters. The van der Waals surface area contributed by atoms with Crippen molar-refractivity contribution in [2.75, 3.05) is 34.5 Å². The number of carbonyl (C=O) groups excluding carboxylic acids is 2. The number of fused-ring (bicyclic) bond motifs is 1. The third-order valence-electron chi connectivity index (χ3n) is 6.00. The fraction of sp³-hybridized carbons (Fsp3) is 0.379. The molecule has 0 saturated heterocycles. The lowest BCUT2D eigenvalue weighted by Gasteiger charge is -2.19. The topological polar surface area (TPSA) is 101 Å². The second kappa shape index (κ2) is 12.9. The summed E-state index contributed by atoms with van der Waals surface area (Å²) >= 11 is 0. The maximum atomic E-state index is 13.5. The summed E-state index contributed by atoms with van der Waals surface area (Å²) in [6.45, 7) is 4.43. The molecule has 0 fully saturated rings. The van der Waals surface area contributed by atoms with Gasteiger partial charge in [0.2, 0.25) is 0 Å². The number of unbranched alkanes of at least 4 members (excludes halogenated alkanes) is 2. The second-order valence-corrected chi connectivity index (χ2v) is 8.47. The van der Waals surface area contributed by atoms with Crippen molar-refractivity contribution in [3.05, 3.63) is 47.5 Å². The third-order valence-corrected chi connectivity index (χ3v) is 6.00. The Morgan fingerprint density at radius 1 is 0.757 bits per heavy atom. The van der Waals surface area contributed by atoms with Crippen molar-refractivity contribution in [1.29, 1.82) is 0 Å². The van der Waals surface area contributed by atoms with Crippen LogP contribution in [-0.2, 0) is 9.47 Å². The van der Waals surface area contributed by atoms with Gasteiger partial charge in [0.15, 0.2) is 23.0 Å². The van der Waals surface area contributed by atoms with Crippen LogP contribution < -0.4 is 14.2 Å². The van der Waals surface area contributed by atoms with Gasteiger partial charge in [0.1, 0.15) is 0 Å². The number of phenols is 1. The maximum absolute atomic E-state index is 13.5. The zero-order valence-electron chi connectivity index (χ0n) is 22.0. The average molecular weight is 511 g/mol. The minimum Gasteiger partial charge on any atom is -0.504 e. The van der Waals surface area contributed by atoms with Crippen LogP contribution >= 0.6 is 0 Å². The third kappa shape index (κ3) is 6.07. The van der Waals surface area contributed by atoms with Gasteiger partial charge in [0, 0.05) is 5.56 Å². The molecule has 0 radical (unpaired) electrons. The molecule has 0 atom stereocenters. The highest BCUT2D eigenvalue weighted by Crippen LogP contribution is 2.42. The Balaban J connectivity index is 2.40. The molecule has 3 aromatic rings. The van der Waals surface area contributed by atoms with Crippen molar-refractivity contribution in [2.45, 2.75) is 39.5 Å². The smallest absolute Gasteiger partial charge is 0.339 e. The second-order valence-electron chi connectivity index (χ2n) is 8.47. The summed E-state index contributed by atoms with van der Waals surface area (Å²) < 4.78 is 27.4. The Labute approximate surface area is 217 Å². The minimum absolute atomic E-state index is 0.0583. The molecule has 8 nitrogen and oxygen atoms in total. The lowest BCUT2D eigenvalue weighted by atomic mass is 9.89. The number of carbonyl (C=O) groups is 2. The number of aromatic hydroxyl groups is 1. The van der Waals surface area contributed by atoms with Gasteiger partial charge in [-0.15, -0.1) is 0 Å². The number of benzene rings is 3. The molecule has 0 bridgehead atoms. The van der Waals surface area contributed by atoms with Crippen LogP contribution in [0.25, 0.3) is 21.9 Å². The van der Waals surface area contributed by atoms with E-state index in [1.165, 1.54) is 27.4 Å². The lowest BCUT2D eigenvalue weighted by molar-refractivity contribution is 0.0453. The molecule has 0 aliphatic rings. The van der Waals surface area contributed by atoms with E-state index in [1.807, 2.05) is 13.8 Å². The van der Waals surface area contributed by atoms with Crippen molar-refractivity contribution in [3.8, 4) is 34.1 Å². The first-order valence-electron chi connectivity index (χ1n) is 12.3. The quantitative estimate of drug-likeness (QED) is 0.229. The number of methoxy groups -OCH3 is 3. The molecule has 0 spiro atoms. The normalized spacial score (nSPS) is 10.7. The van der Waals surface area contributed by atoms with Crippen LogP contribution in [0, 0.1) is 0 Å². The Kier molecular flexibility index (Phi) is 9.60. The summed E-state index contributed by atoms with van der Waals surface area (Å²) in [5.41, 5.74) is 1.13. The summed E-state index contributed by atoms with van der Waals surface area (Å²) in [6, 6.07) is 9.83. The van der Waals surface area contributed by atoms with E-state index in [0.29, 0.717) is 46.2 Å². The SMILES string of the molecule is CCCCOC(=O)c1cc2cc(OC)c(OC)cc2c(-c2ccc(O)c(OC)c2)c1C(=O)OCCCC. The van der Waals surface area contributed by atoms with E-state index in [2.05, 4.69) is 0 Å². The molecule has 37 heavy (non-hydrogen) atoms. The van der Waals surface area contributed by atoms with Crippen molar-refractivity contribution in [2.24, 2.45) is 0 Å². The van der Waals surface area contributed by atoms with Gasteiger partial charge in [-0.25, -0.2) is 9.59 Å². The van der Waals surface area contributed by atoms with Gasteiger partial charge in [-0.1, -0.05) is 32.8 Å². The number of hydrogen-bond donors (Lipinski definition) is 1. The number of rotatable bonds is 12. The highest BCUT2D eigenvalue weighted by Gasteiger charge is 2.28. The largest absolute Gasteiger partial charge is 0.504 e. The van der Waals surface area contributed by atoms with Crippen molar-refractivity contribution in [3.63, 3.8) is 0 Å². The Morgan fingerprint density at radius 2 is 1.35 bits per heavy atom. The van der Waals surface area contributed by atoms with E-state index < -0.39 is 11.9 Å². The molecule has 3 rings (SSSR count). The Hall–Kier alpha value is -3.94. The molecular formula is C29H34O8. The van der Waals surface area contributed by atoms with Gasteiger partial charge in [-0.3, -0.25) is 0 Å². The molecule has 198 valence electrons. The van der Waals surface area contributed by atoms with E-state index in [4.69, 9.17) is 23.7 Å². The number of phenolic OH excluding ortho intramolecular Hbond substituents is 1. The van der Waals surface area contributed by atoms with Crippen molar-refractivity contribution < 1.29 is 38.4 Å². The van der Waals surface area contributed by atoms with E-state index in [1.54, 1.807) is 30.3 Å². The first-order valence-corrected chi connectivity index (χ1v) is 12.3. The highest BCUT2D eigenvalue weighted by molar-refractivity contribution is 6.16. The molecule has 1 N–H and O–H groups in total. The molecule has 0 amide bonds. The first kappa shape index (κ1) is 27.6. The zero-order valence-corrected chi connectivity index (χ0v) is 22.0. The monoisotopic (exact) mass is 510 g/mol. The van der Waals surface area contributed by atoms with Gasteiger partial charge in [0.05, 0.1) is 45.7 Å². The summed E-state index contributed by atoms with van der Waals surface area (Å²) in [7, 11) is 4.48. The fourth-order valence-corrected chi connectivity index (χ4v) is 4.00. The van der Waals surface area contributed by atoms with E-state index in [-0.39, 0.29) is 35.8 Å². The zero-order chi connectivity index (χ0) is 26.9. The van der Waals surface area contributed by atoms with E-state index in [9.17, 15) is 14.7 Å². The first-order chi connectivity index (χ1) is 17.9. The number of esters is 2. The molecule has 0 aliphatic heterocycles. The van der Waals surface area contributed by atoms with Crippen LogP contribution in [0.2, 0.25) is 0 Å². The van der Waals surface area contributed by atoms with Crippen LogP contribution in [0.4, 0.5) is 0 Å². The molecule has 0 heterocycles. The average Bonchev–Trinajstić information content (AvgIpc) is 2.91. The summed E-state index contributed by atoms with van der Waals surface area (Å²) in [5, 5.41) is 11.5. The standard InChI is InChI=1S/C29H34O8/c1-6-8-12-36-28(31)21-14-19-16-24(34-4)25(35-5)17-20(19)26(27(21)29(32)37-13-9-7-2)18-10-11-22(30)23(15-18)33-3/h10-11,14-17,30H,6-9,12-13H2,1-5H3. The molecule has 0 aliphatic carbocycles. The van der Waals surface area contributed by atoms with Crippen molar-refractivity contribution >= 4 is 22.7 Å². The maximum Gasteiger partial charge on any atom is 0.339 e. The Morgan fingerprint density at radius 3 is 1.95 bits per heavy atom. The number of hydrogen-bond acceptors (Lipinski definition) is 8. The fourth-order valence-electron chi connectivity index (χ4n) is 4.00. The molecular weight excluding hydrogens is 476 g/mol. The summed E-state index contributed by atoms with van der Waals surface area (Å²) in [6.07, 6.45) is 3.08. The van der Waals surface area contributed by atoms with Crippen LogP contribution in [0.5, 0.6) is 23.0 Å². The van der Waals surface area contributed by atoms with Gasteiger partial charge in [-0.2, -0.15) is 0 Å². The summed E-state index contributed by atoms with van der Waals surface area (Å²) in [4.78, 5) is 26.9. The van der Waals surface area contributed by atoms with Crippen molar-refractivity contribution in [1.82, 2.24) is 0 Å².